The van der Waals surface area contributed by atoms with Gasteiger partial charge in [-0.2, -0.15) is 13.2 Å². The van der Waals surface area contributed by atoms with Crippen molar-refractivity contribution in [3.8, 4) is 0 Å². The maximum absolute atomic E-state index is 12.6. The molecule has 0 fully saturated rings. The Hall–Kier alpha value is -2.27. The van der Waals surface area contributed by atoms with Gasteiger partial charge in [-0.25, -0.2) is 0 Å². The van der Waals surface area contributed by atoms with Crippen LogP contribution in [0.5, 0.6) is 0 Å². The molecule has 2 nitrogen and oxygen atoms in total. The lowest BCUT2D eigenvalue weighted by atomic mass is 10.0. The molecule has 0 saturated heterocycles. The number of amides is 1. The van der Waals surface area contributed by atoms with E-state index < -0.39 is 11.7 Å². The molecule has 124 valence electrons. The fourth-order valence-electron chi connectivity index (χ4n) is 2.58. The van der Waals surface area contributed by atoms with Gasteiger partial charge in [-0.05, 0) is 47.9 Å². The topological polar surface area (TPSA) is 29.1 Å². The summed E-state index contributed by atoms with van der Waals surface area (Å²) in [6.07, 6.45) is -2.11. The summed E-state index contributed by atoms with van der Waals surface area (Å²) in [5, 5.41) is 2.75. The van der Waals surface area contributed by atoms with Crippen LogP contribution >= 0.6 is 11.6 Å². The van der Waals surface area contributed by atoms with Crippen LogP contribution < -0.4 is 5.32 Å². The van der Waals surface area contributed by atoms with Gasteiger partial charge < -0.3 is 5.32 Å². The fraction of sp³-hybridized carbons (Fsp3) is 0.167. The molecule has 0 saturated carbocycles. The molecule has 0 aromatic heterocycles. The summed E-state index contributed by atoms with van der Waals surface area (Å²) in [6.45, 7) is 0. The molecule has 24 heavy (non-hydrogen) atoms. The van der Waals surface area contributed by atoms with E-state index in [0.717, 1.165) is 23.3 Å². The van der Waals surface area contributed by atoms with Crippen LogP contribution in [0.3, 0.4) is 0 Å². The molecular weight excluding hydrogens is 339 g/mol. The highest BCUT2D eigenvalue weighted by Crippen LogP contribution is 2.35. The minimum atomic E-state index is -4.38. The number of halogens is 4. The van der Waals surface area contributed by atoms with Gasteiger partial charge in [0.05, 0.1) is 5.56 Å². The van der Waals surface area contributed by atoms with Crippen molar-refractivity contribution >= 4 is 34.8 Å². The molecule has 0 unspecified atom stereocenters. The zero-order valence-corrected chi connectivity index (χ0v) is 13.2. The van der Waals surface area contributed by atoms with Crippen molar-refractivity contribution in [3.05, 3.63) is 64.7 Å². The standard InChI is InChI=1S/C18H13ClF3NO/c19-8-7-12-3-6-16-14(9-12)15(17(24)23-16)10-11-1-4-13(5-2-11)18(20,21)22/h1-6,9-10H,7-8H2,(H,23,24). The zero-order valence-electron chi connectivity index (χ0n) is 12.5. The maximum atomic E-state index is 12.6. The molecule has 1 amide bonds. The van der Waals surface area contributed by atoms with Crippen molar-refractivity contribution in [1.82, 2.24) is 0 Å². The molecule has 3 rings (SSSR count). The summed E-state index contributed by atoms with van der Waals surface area (Å²) in [6, 6.07) is 10.3. The maximum Gasteiger partial charge on any atom is 0.416 e. The van der Waals surface area contributed by atoms with Crippen LogP contribution in [0, 0.1) is 0 Å². The SMILES string of the molecule is O=C1Nc2ccc(CCCl)cc2C1=Cc1ccc(C(F)(F)F)cc1. The lowest BCUT2D eigenvalue weighted by molar-refractivity contribution is -0.137. The van der Waals surface area contributed by atoms with Crippen molar-refractivity contribution in [2.24, 2.45) is 0 Å². The monoisotopic (exact) mass is 351 g/mol. The molecule has 2 aromatic carbocycles. The summed E-state index contributed by atoms with van der Waals surface area (Å²) >= 11 is 5.74. The predicted molar refractivity (Wildman–Crippen MR) is 88.8 cm³/mol. The molecule has 0 aliphatic carbocycles. The third-order valence-electron chi connectivity index (χ3n) is 3.80. The van der Waals surface area contributed by atoms with Gasteiger partial charge >= 0.3 is 6.18 Å². The molecule has 1 heterocycles. The predicted octanol–water partition coefficient (Wildman–Crippen LogP) is 4.98. The molecule has 0 bridgehead atoms. The van der Waals surface area contributed by atoms with E-state index in [1.165, 1.54) is 12.1 Å². The van der Waals surface area contributed by atoms with E-state index in [2.05, 4.69) is 5.32 Å². The van der Waals surface area contributed by atoms with Gasteiger partial charge in [-0.3, -0.25) is 4.79 Å². The summed E-state index contributed by atoms with van der Waals surface area (Å²) in [4.78, 5) is 12.1. The van der Waals surface area contributed by atoms with E-state index in [1.54, 1.807) is 6.08 Å². The number of benzene rings is 2. The van der Waals surface area contributed by atoms with Crippen LogP contribution in [-0.4, -0.2) is 11.8 Å². The van der Waals surface area contributed by atoms with Gasteiger partial charge in [0.15, 0.2) is 0 Å². The van der Waals surface area contributed by atoms with E-state index >= 15 is 0 Å². The molecule has 1 aliphatic heterocycles. The Morgan fingerprint density at radius 3 is 2.42 bits per heavy atom. The molecule has 0 atom stereocenters. The lowest BCUT2D eigenvalue weighted by Crippen LogP contribution is -2.04. The van der Waals surface area contributed by atoms with Gasteiger partial charge in [-0.15, -0.1) is 11.6 Å². The summed E-state index contributed by atoms with van der Waals surface area (Å²) in [7, 11) is 0. The second-order valence-corrected chi connectivity index (χ2v) is 5.83. The number of carbonyl (C=O) groups is 1. The first-order valence-electron chi connectivity index (χ1n) is 7.28. The molecule has 0 spiro atoms. The normalized spacial score (nSPS) is 15.5. The summed E-state index contributed by atoms with van der Waals surface area (Å²) in [5.74, 6) is 0.200. The van der Waals surface area contributed by atoms with E-state index in [4.69, 9.17) is 11.6 Å². The zero-order chi connectivity index (χ0) is 17.3. The fourth-order valence-corrected chi connectivity index (χ4v) is 2.80. The van der Waals surface area contributed by atoms with Gasteiger partial charge in [0.25, 0.3) is 5.91 Å². The molecule has 1 aliphatic rings. The largest absolute Gasteiger partial charge is 0.416 e. The van der Waals surface area contributed by atoms with E-state index in [0.29, 0.717) is 29.1 Å². The highest BCUT2D eigenvalue weighted by Gasteiger charge is 2.30. The number of anilines is 1. The van der Waals surface area contributed by atoms with Gasteiger partial charge in [0.2, 0.25) is 0 Å². The quantitative estimate of drug-likeness (QED) is 0.613. The Bertz CT molecular complexity index is 810. The number of carbonyl (C=O) groups excluding carboxylic acids is 1. The first-order valence-corrected chi connectivity index (χ1v) is 7.81. The second kappa shape index (κ2) is 6.32. The Labute approximate surface area is 141 Å². The molecule has 2 aromatic rings. The number of aryl methyl sites for hydroxylation is 1. The Balaban J connectivity index is 1.96. The average Bonchev–Trinajstić information content (AvgIpc) is 2.83. The average molecular weight is 352 g/mol. The van der Waals surface area contributed by atoms with Crippen molar-refractivity contribution in [3.63, 3.8) is 0 Å². The third kappa shape index (κ3) is 3.31. The number of fused-ring (bicyclic) bond motifs is 1. The highest BCUT2D eigenvalue weighted by atomic mass is 35.5. The summed E-state index contributed by atoms with van der Waals surface area (Å²) in [5.41, 5.74) is 2.67. The third-order valence-corrected chi connectivity index (χ3v) is 3.99. The molecular formula is C18H13ClF3NO. The van der Waals surface area contributed by atoms with Crippen LogP contribution in [-0.2, 0) is 17.4 Å². The van der Waals surface area contributed by atoms with Crippen molar-refractivity contribution in [2.75, 3.05) is 11.2 Å². The highest BCUT2D eigenvalue weighted by molar-refractivity contribution is 6.34. The Morgan fingerprint density at radius 1 is 1.08 bits per heavy atom. The number of rotatable bonds is 3. The Kier molecular flexibility index (Phi) is 4.37. The number of nitrogens with one attached hydrogen (secondary N) is 1. The molecule has 1 N–H and O–H groups in total. The van der Waals surface area contributed by atoms with Crippen LogP contribution in [0.1, 0.15) is 22.3 Å². The van der Waals surface area contributed by atoms with Gasteiger partial charge in [0.1, 0.15) is 0 Å². The molecule has 0 radical (unpaired) electrons. The van der Waals surface area contributed by atoms with E-state index in [9.17, 15) is 18.0 Å². The van der Waals surface area contributed by atoms with Crippen LogP contribution in [0.25, 0.3) is 11.6 Å². The first-order chi connectivity index (χ1) is 11.4. The number of alkyl halides is 4. The van der Waals surface area contributed by atoms with Crippen molar-refractivity contribution < 1.29 is 18.0 Å². The minimum absolute atomic E-state index is 0.270. The second-order valence-electron chi connectivity index (χ2n) is 5.45. The molecule has 6 heteroatoms. The smallest absolute Gasteiger partial charge is 0.321 e. The van der Waals surface area contributed by atoms with E-state index in [-0.39, 0.29) is 5.91 Å². The lowest BCUT2D eigenvalue weighted by Gasteiger charge is -2.06. The van der Waals surface area contributed by atoms with E-state index in [1.807, 2.05) is 18.2 Å². The van der Waals surface area contributed by atoms with Crippen LogP contribution in [0.2, 0.25) is 0 Å². The van der Waals surface area contributed by atoms with Crippen LogP contribution in [0.15, 0.2) is 42.5 Å². The first kappa shape index (κ1) is 16.6. The van der Waals surface area contributed by atoms with Gasteiger partial charge in [-0.1, -0.05) is 18.2 Å². The number of hydrogen-bond acceptors (Lipinski definition) is 1. The number of hydrogen-bond donors (Lipinski definition) is 1. The Morgan fingerprint density at radius 2 is 1.79 bits per heavy atom. The summed E-state index contributed by atoms with van der Waals surface area (Å²) < 4.78 is 37.8. The van der Waals surface area contributed by atoms with Crippen molar-refractivity contribution in [2.45, 2.75) is 12.6 Å². The van der Waals surface area contributed by atoms with Crippen molar-refractivity contribution in [1.29, 1.82) is 0 Å². The van der Waals surface area contributed by atoms with Gasteiger partial charge in [0, 0.05) is 22.7 Å². The van der Waals surface area contributed by atoms with Crippen LogP contribution in [0.4, 0.5) is 18.9 Å². The minimum Gasteiger partial charge on any atom is -0.321 e.